The third-order valence-electron chi connectivity index (χ3n) is 1.43. The predicted molar refractivity (Wildman–Crippen MR) is 49.1 cm³/mol. The molecule has 0 spiro atoms. The Morgan fingerprint density at radius 1 is 1.38 bits per heavy atom. The van der Waals surface area contributed by atoms with Crippen LogP contribution in [-0.2, 0) is 14.3 Å². The van der Waals surface area contributed by atoms with Crippen LogP contribution in [0.2, 0.25) is 0 Å². The van der Waals surface area contributed by atoms with E-state index < -0.39 is 5.97 Å². The average molecular weight is 185 g/mol. The fraction of sp³-hybridized carbons (Fsp3) is 0.556. The van der Waals surface area contributed by atoms with Gasteiger partial charge >= 0.3 is 5.97 Å². The zero-order valence-electron chi connectivity index (χ0n) is 8.46. The van der Waals surface area contributed by atoms with E-state index in [-0.39, 0.29) is 12.2 Å². The van der Waals surface area contributed by atoms with Gasteiger partial charge in [-0.3, -0.25) is 9.59 Å². The molecule has 0 aromatic carbocycles. The van der Waals surface area contributed by atoms with Gasteiger partial charge in [0.25, 0.3) is 0 Å². The van der Waals surface area contributed by atoms with Crippen molar-refractivity contribution in [1.29, 1.82) is 0 Å². The average Bonchev–Trinajstić information content (AvgIpc) is 2.02. The van der Waals surface area contributed by atoms with Gasteiger partial charge in [0.15, 0.2) is 5.78 Å². The minimum Gasteiger partial charge on any atom is -0.469 e. The predicted octanol–water partition coefficient (Wildman–Crippen LogP) is 0.584. The first-order valence-electron chi connectivity index (χ1n) is 3.92. The molecule has 0 aliphatic carbocycles. The van der Waals surface area contributed by atoms with Crippen LogP contribution in [0.5, 0.6) is 0 Å². The molecule has 0 aliphatic heterocycles. The normalized spacial score (nSPS) is 10.9. The highest BCUT2D eigenvalue weighted by Gasteiger charge is 2.10. The van der Waals surface area contributed by atoms with Crippen LogP contribution in [0.25, 0.3) is 0 Å². The molecule has 4 heteroatoms. The maximum absolute atomic E-state index is 11.0. The van der Waals surface area contributed by atoms with Crippen LogP contribution < -0.4 is 0 Å². The van der Waals surface area contributed by atoms with Gasteiger partial charge in [-0.2, -0.15) is 0 Å². The maximum Gasteiger partial charge on any atom is 0.310 e. The van der Waals surface area contributed by atoms with E-state index in [1.165, 1.54) is 14.0 Å². The number of ketones is 1. The Bertz CT molecular complexity index is 231. The maximum atomic E-state index is 11.0. The van der Waals surface area contributed by atoms with E-state index in [9.17, 15) is 9.59 Å². The molecular weight excluding hydrogens is 170 g/mol. The lowest BCUT2D eigenvalue weighted by Crippen LogP contribution is -2.11. The van der Waals surface area contributed by atoms with Gasteiger partial charge in [-0.05, 0) is 6.92 Å². The summed E-state index contributed by atoms with van der Waals surface area (Å²) in [5.41, 5.74) is 0.455. The molecule has 4 nitrogen and oxygen atoms in total. The van der Waals surface area contributed by atoms with E-state index in [4.69, 9.17) is 0 Å². The second-order valence-electron chi connectivity index (χ2n) is 2.93. The van der Waals surface area contributed by atoms with Crippen molar-refractivity contribution in [3.8, 4) is 0 Å². The van der Waals surface area contributed by atoms with Gasteiger partial charge in [0.1, 0.15) is 0 Å². The molecule has 0 rings (SSSR count). The second kappa shape index (κ2) is 5.35. The lowest BCUT2D eigenvalue weighted by atomic mass is 10.1. The molecule has 0 aliphatic rings. The van der Waals surface area contributed by atoms with Gasteiger partial charge in [-0.15, -0.1) is 0 Å². The monoisotopic (exact) mass is 185 g/mol. The Hall–Kier alpha value is -1.32. The lowest BCUT2D eigenvalue weighted by molar-refractivity contribution is -0.140. The van der Waals surface area contributed by atoms with Crippen molar-refractivity contribution in [2.45, 2.75) is 13.3 Å². The van der Waals surface area contributed by atoms with Crippen LogP contribution in [0, 0.1) is 0 Å². The Kier molecular flexibility index (Phi) is 4.80. The molecule has 0 N–H and O–H groups in total. The number of carbonyl (C=O) groups excluding carboxylic acids is 2. The molecule has 0 amide bonds. The Labute approximate surface area is 78.2 Å². The Morgan fingerprint density at radius 2 is 1.92 bits per heavy atom. The molecule has 0 atom stereocenters. The summed E-state index contributed by atoms with van der Waals surface area (Å²) in [7, 11) is 4.89. The van der Waals surface area contributed by atoms with Gasteiger partial charge in [-0.25, -0.2) is 0 Å². The molecule has 13 heavy (non-hydrogen) atoms. The van der Waals surface area contributed by atoms with E-state index >= 15 is 0 Å². The number of carbonyl (C=O) groups is 2. The van der Waals surface area contributed by atoms with Crippen molar-refractivity contribution in [2.75, 3.05) is 21.2 Å². The largest absolute Gasteiger partial charge is 0.469 e. The second-order valence-corrected chi connectivity index (χ2v) is 2.93. The highest BCUT2D eigenvalue weighted by molar-refractivity contribution is 5.97. The topological polar surface area (TPSA) is 46.6 Å². The van der Waals surface area contributed by atoms with E-state index in [1.807, 2.05) is 0 Å². The van der Waals surface area contributed by atoms with E-state index in [2.05, 4.69) is 4.74 Å². The summed E-state index contributed by atoms with van der Waals surface area (Å²) in [4.78, 5) is 23.6. The molecule has 0 aromatic rings. The number of rotatable bonds is 4. The van der Waals surface area contributed by atoms with Crippen LogP contribution in [0.15, 0.2) is 11.8 Å². The molecule has 0 bridgehead atoms. The van der Waals surface area contributed by atoms with Crippen molar-refractivity contribution < 1.29 is 14.3 Å². The van der Waals surface area contributed by atoms with Crippen LogP contribution in [0.1, 0.15) is 13.3 Å². The molecule has 0 heterocycles. The van der Waals surface area contributed by atoms with Gasteiger partial charge in [0.05, 0.1) is 13.5 Å². The number of methoxy groups -OCH3 is 1. The van der Waals surface area contributed by atoms with Gasteiger partial charge in [-0.1, -0.05) is 0 Å². The van der Waals surface area contributed by atoms with Crippen LogP contribution in [0.4, 0.5) is 0 Å². The molecular formula is C9H15NO3. The first-order chi connectivity index (χ1) is 5.97. The fourth-order valence-electron chi connectivity index (χ4n) is 0.800. The fourth-order valence-corrected chi connectivity index (χ4v) is 0.800. The molecule has 74 valence electrons. The Morgan fingerprint density at radius 3 is 2.23 bits per heavy atom. The lowest BCUT2D eigenvalue weighted by Gasteiger charge is -2.08. The summed E-state index contributed by atoms with van der Waals surface area (Å²) in [5, 5.41) is 0. The third kappa shape index (κ3) is 5.00. The van der Waals surface area contributed by atoms with Gasteiger partial charge in [0, 0.05) is 25.9 Å². The van der Waals surface area contributed by atoms with Crippen LogP contribution in [0.3, 0.4) is 0 Å². The SMILES string of the molecule is COC(=O)CC(=CN(C)C)C(C)=O. The standard InChI is InChI=1S/C9H15NO3/c1-7(11)8(6-10(2)3)5-9(12)13-4/h6H,5H2,1-4H3. The number of hydrogen-bond donors (Lipinski definition) is 0. The minimum atomic E-state index is -0.400. The number of Topliss-reactive ketones (excluding diaryl/α,β-unsaturated/α-hetero) is 1. The molecule has 0 unspecified atom stereocenters. The van der Waals surface area contributed by atoms with Gasteiger partial charge < -0.3 is 9.64 Å². The van der Waals surface area contributed by atoms with Crippen LogP contribution >= 0.6 is 0 Å². The molecule has 0 aromatic heterocycles. The number of hydrogen-bond acceptors (Lipinski definition) is 4. The van der Waals surface area contributed by atoms with E-state index in [1.54, 1.807) is 25.2 Å². The molecule has 0 radical (unpaired) electrons. The van der Waals surface area contributed by atoms with Crippen molar-refractivity contribution >= 4 is 11.8 Å². The summed E-state index contributed by atoms with van der Waals surface area (Å²) < 4.78 is 4.46. The Balaban J connectivity index is 4.45. The smallest absolute Gasteiger partial charge is 0.310 e. The first-order valence-corrected chi connectivity index (χ1v) is 3.92. The minimum absolute atomic E-state index is 0.0318. The number of esters is 1. The summed E-state index contributed by atoms with van der Waals surface area (Å²) >= 11 is 0. The van der Waals surface area contributed by atoms with Crippen molar-refractivity contribution in [3.05, 3.63) is 11.8 Å². The summed E-state index contributed by atoms with van der Waals surface area (Å²) in [6.45, 7) is 1.43. The highest BCUT2D eigenvalue weighted by Crippen LogP contribution is 2.04. The zero-order valence-corrected chi connectivity index (χ0v) is 8.46. The summed E-state index contributed by atoms with van der Waals surface area (Å²) in [5.74, 6) is -0.512. The highest BCUT2D eigenvalue weighted by atomic mass is 16.5. The van der Waals surface area contributed by atoms with Gasteiger partial charge in [0.2, 0.25) is 0 Å². The molecule has 0 fully saturated rings. The number of ether oxygens (including phenoxy) is 1. The first kappa shape index (κ1) is 11.7. The molecule has 0 saturated heterocycles. The van der Waals surface area contributed by atoms with Crippen molar-refractivity contribution in [1.82, 2.24) is 4.90 Å². The van der Waals surface area contributed by atoms with Crippen molar-refractivity contribution in [2.24, 2.45) is 0 Å². The number of nitrogens with zero attached hydrogens (tertiary/aromatic N) is 1. The summed E-state index contributed by atoms with van der Waals surface area (Å²) in [6.07, 6.45) is 1.66. The van der Waals surface area contributed by atoms with Crippen LogP contribution in [-0.4, -0.2) is 37.9 Å². The van der Waals surface area contributed by atoms with Crippen molar-refractivity contribution in [3.63, 3.8) is 0 Å². The van der Waals surface area contributed by atoms with E-state index in [0.717, 1.165) is 0 Å². The summed E-state index contributed by atoms with van der Waals surface area (Å²) in [6, 6.07) is 0. The zero-order chi connectivity index (χ0) is 10.4. The van der Waals surface area contributed by atoms with E-state index in [0.29, 0.717) is 5.57 Å². The third-order valence-corrected chi connectivity index (χ3v) is 1.43. The quantitative estimate of drug-likeness (QED) is 0.475. The molecule has 0 saturated carbocycles.